The van der Waals surface area contributed by atoms with Gasteiger partial charge in [-0.25, -0.2) is 24.1 Å². The summed E-state index contributed by atoms with van der Waals surface area (Å²) in [5, 5.41) is 9.30. The molecule has 3 aromatic heterocycles. The minimum atomic E-state index is -1.49. The molecule has 0 aliphatic heterocycles. The maximum Gasteiger partial charge on any atom is 0.338 e. The second-order valence-corrected chi connectivity index (χ2v) is 5.42. The number of nitrogens with two attached hydrogens (primary N) is 1. The maximum absolute atomic E-state index is 14.6. The van der Waals surface area contributed by atoms with Gasteiger partial charge in [-0.05, 0) is 31.2 Å². The van der Waals surface area contributed by atoms with Crippen LogP contribution in [0.5, 0.6) is 5.88 Å². The Hall–Kier alpha value is -3.62. The maximum atomic E-state index is 14.6. The van der Waals surface area contributed by atoms with Gasteiger partial charge in [0.1, 0.15) is 5.69 Å². The fourth-order valence-corrected chi connectivity index (χ4v) is 2.34. The molecule has 9 heteroatoms. The SMILES string of the molecule is CC.CCOc1ccc(-c2cc(C(=O)O)c(F)c(-c3ccc(N)c(F)n3)n2)cn1. The van der Waals surface area contributed by atoms with Gasteiger partial charge >= 0.3 is 5.97 Å². The van der Waals surface area contributed by atoms with Crippen molar-refractivity contribution in [2.75, 3.05) is 12.3 Å². The van der Waals surface area contributed by atoms with Crippen molar-refractivity contribution >= 4 is 11.7 Å². The first-order valence-corrected chi connectivity index (χ1v) is 8.86. The zero-order chi connectivity index (χ0) is 21.6. The Morgan fingerprint density at radius 1 is 1.14 bits per heavy atom. The van der Waals surface area contributed by atoms with Crippen molar-refractivity contribution < 1.29 is 23.4 Å². The van der Waals surface area contributed by atoms with E-state index in [0.29, 0.717) is 18.1 Å². The van der Waals surface area contributed by atoms with E-state index in [-0.39, 0.29) is 17.1 Å². The molecule has 3 aromatic rings. The summed E-state index contributed by atoms with van der Waals surface area (Å²) in [6.07, 6.45) is 1.41. The van der Waals surface area contributed by atoms with Gasteiger partial charge in [0.05, 0.1) is 29.2 Å². The quantitative estimate of drug-likeness (QED) is 0.616. The molecule has 29 heavy (non-hydrogen) atoms. The number of aromatic nitrogens is 3. The summed E-state index contributed by atoms with van der Waals surface area (Å²) in [5.41, 5.74) is 4.52. The van der Waals surface area contributed by atoms with Gasteiger partial charge in [0, 0.05) is 17.8 Å². The van der Waals surface area contributed by atoms with E-state index in [1.54, 1.807) is 19.1 Å². The topological polar surface area (TPSA) is 111 Å². The molecule has 152 valence electrons. The lowest BCUT2D eigenvalue weighted by Crippen LogP contribution is -2.07. The molecule has 0 bridgehead atoms. The lowest BCUT2D eigenvalue weighted by Gasteiger charge is -2.10. The van der Waals surface area contributed by atoms with E-state index in [1.165, 1.54) is 18.3 Å². The number of nitrogen functional groups attached to an aromatic ring is 1. The summed E-state index contributed by atoms with van der Waals surface area (Å²) in [5.74, 6) is -3.24. The number of ether oxygens (including phenoxy) is 1. The van der Waals surface area contributed by atoms with Crippen LogP contribution in [0.3, 0.4) is 0 Å². The van der Waals surface area contributed by atoms with Crippen LogP contribution in [-0.4, -0.2) is 32.6 Å². The predicted molar refractivity (Wildman–Crippen MR) is 105 cm³/mol. The molecule has 3 N–H and O–H groups in total. The smallest absolute Gasteiger partial charge is 0.338 e. The van der Waals surface area contributed by atoms with E-state index in [4.69, 9.17) is 10.5 Å². The Morgan fingerprint density at radius 2 is 1.86 bits per heavy atom. The van der Waals surface area contributed by atoms with E-state index >= 15 is 0 Å². The van der Waals surface area contributed by atoms with Crippen molar-refractivity contribution in [3.05, 3.63) is 53.9 Å². The van der Waals surface area contributed by atoms with Gasteiger partial charge in [-0.2, -0.15) is 4.39 Å². The number of carbonyl (C=O) groups is 1. The number of rotatable bonds is 5. The summed E-state index contributed by atoms with van der Waals surface area (Å²) in [6, 6.07) is 6.71. The van der Waals surface area contributed by atoms with Crippen molar-refractivity contribution in [3.8, 4) is 28.5 Å². The van der Waals surface area contributed by atoms with Gasteiger partial charge in [-0.1, -0.05) is 13.8 Å². The van der Waals surface area contributed by atoms with E-state index < -0.39 is 29.0 Å². The normalized spacial score (nSPS) is 10.1. The number of hydrogen-bond donors (Lipinski definition) is 2. The molecular formula is C20H20F2N4O3. The number of nitrogens with zero attached hydrogens (tertiary/aromatic N) is 3. The Balaban J connectivity index is 0.00000145. The van der Waals surface area contributed by atoms with Crippen LogP contribution in [-0.2, 0) is 0 Å². The van der Waals surface area contributed by atoms with Crippen LogP contribution >= 0.6 is 0 Å². The molecule has 0 spiro atoms. The zero-order valence-electron chi connectivity index (χ0n) is 16.1. The fourth-order valence-electron chi connectivity index (χ4n) is 2.34. The largest absolute Gasteiger partial charge is 0.478 e. The van der Waals surface area contributed by atoms with Gasteiger partial charge in [0.2, 0.25) is 11.8 Å². The minimum absolute atomic E-state index is 0.137. The Kier molecular flexibility index (Phi) is 7.13. The predicted octanol–water partition coefficient (Wildman–Crippen LogP) is 4.19. The minimum Gasteiger partial charge on any atom is -0.478 e. The highest BCUT2D eigenvalue weighted by Crippen LogP contribution is 2.28. The van der Waals surface area contributed by atoms with Crippen molar-refractivity contribution in [1.82, 2.24) is 15.0 Å². The third-order valence-electron chi connectivity index (χ3n) is 3.63. The summed E-state index contributed by atoms with van der Waals surface area (Å²) in [4.78, 5) is 23.2. The Morgan fingerprint density at radius 3 is 2.41 bits per heavy atom. The average Bonchev–Trinajstić information content (AvgIpc) is 2.72. The first kappa shape index (κ1) is 21.7. The van der Waals surface area contributed by atoms with Crippen LogP contribution in [0, 0.1) is 11.8 Å². The van der Waals surface area contributed by atoms with Gasteiger partial charge in [-0.15, -0.1) is 0 Å². The molecule has 7 nitrogen and oxygen atoms in total. The number of anilines is 1. The van der Waals surface area contributed by atoms with Crippen LogP contribution in [0.1, 0.15) is 31.1 Å². The third kappa shape index (κ3) is 4.81. The van der Waals surface area contributed by atoms with Gasteiger partial charge in [0.25, 0.3) is 0 Å². The van der Waals surface area contributed by atoms with E-state index in [0.717, 1.165) is 6.07 Å². The summed E-state index contributed by atoms with van der Waals surface area (Å²) < 4.78 is 33.5. The van der Waals surface area contributed by atoms with Gasteiger partial charge in [-0.3, -0.25) is 0 Å². The third-order valence-corrected chi connectivity index (χ3v) is 3.63. The highest BCUT2D eigenvalue weighted by molar-refractivity contribution is 5.91. The Labute approximate surface area is 166 Å². The van der Waals surface area contributed by atoms with Gasteiger partial charge < -0.3 is 15.6 Å². The molecule has 0 amide bonds. The van der Waals surface area contributed by atoms with Crippen LogP contribution in [0.2, 0.25) is 0 Å². The number of carboxylic acid groups (broad SMARTS) is 1. The van der Waals surface area contributed by atoms with Crippen molar-refractivity contribution in [2.24, 2.45) is 0 Å². The number of aromatic carboxylic acids is 1. The monoisotopic (exact) mass is 402 g/mol. The van der Waals surface area contributed by atoms with Crippen molar-refractivity contribution in [2.45, 2.75) is 20.8 Å². The second kappa shape index (κ2) is 9.54. The molecule has 3 heterocycles. The summed E-state index contributed by atoms with van der Waals surface area (Å²) >= 11 is 0. The molecule has 3 rings (SSSR count). The lowest BCUT2D eigenvalue weighted by atomic mass is 10.1. The number of pyridine rings is 3. The highest BCUT2D eigenvalue weighted by Gasteiger charge is 2.21. The number of hydrogen-bond acceptors (Lipinski definition) is 6. The van der Waals surface area contributed by atoms with E-state index in [9.17, 15) is 18.7 Å². The first-order chi connectivity index (χ1) is 13.9. The van der Waals surface area contributed by atoms with Crippen molar-refractivity contribution in [1.29, 1.82) is 0 Å². The van der Waals surface area contributed by atoms with E-state index in [1.807, 2.05) is 13.8 Å². The Bertz CT molecular complexity index is 1010. The molecule has 0 saturated heterocycles. The molecular weight excluding hydrogens is 382 g/mol. The first-order valence-electron chi connectivity index (χ1n) is 8.86. The molecule has 0 saturated carbocycles. The standard InChI is InChI=1S/C18H14F2N4O3.C2H6/c1-2-27-14-6-3-9(8-22-14)13-7-10(18(25)26)15(19)16(23-13)12-5-4-11(21)17(20)24-12;1-2/h3-8H,2,21H2,1H3,(H,25,26);1-2H3. The fraction of sp³-hybridized carbons (Fsp3) is 0.200. The van der Waals surface area contributed by atoms with Gasteiger partial charge in [0.15, 0.2) is 5.82 Å². The molecule has 0 aromatic carbocycles. The lowest BCUT2D eigenvalue weighted by molar-refractivity contribution is 0.0692. The van der Waals surface area contributed by atoms with Crippen molar-refractivity contribution in [3.63, 3.8) is 0 Å². The molecule has 0 atom stereocenters. The summed E-state index contributed by atoms with van der Waals surface area (Å²) in [7, 11) is 0. The average molecular weight is 402 g/mol. The number of carboxylic acids is 1. The molecule has 0 aliphatic rings. The highest BCUT2D eigenvalue weighted by atomic mass is 19.1. The molecule has 0 unspecified atom stereocenters. The van der Waals surface area contributed by atoms with E-state index in [2.05, 4.69) is 15.0 Å². The van der Waals surface area contributed by atoms with Crippen LogP contribution < -0.4 is 10.5 Å². The molecule has 0 fully saturated rings. The summed E-state index contributed by atoms with van der Waals surface area (Å²) in [6.45, 7) is 6.24. The van der Waals surface area contributed by atoms with Crippen LogP contribution in [0.25, 0.3) is 22.6 Å². The second-order valence-electron chi connectivity index (χ2n) is 5.42. The molecule has 0 aliphatic carbocycles. The van der Waals surface area contributed by atoms with Crippen LogP contribution in [0.15, 0.2) is 36.5 Å². The van der Waals surface area contributed by atoms with Crippen LogP contribution in [0.4, 0.5) is 14.5 Å². The zero-order valence-corrected chi connectivity index (χ0v) is 16.1. The molecule has 0 radical (unpaired) electrons. The number of halogens is 2.